The van der Waals surface area contributed by atoms with Crippen molar-refractivity contribution in [1.82, 2.24) is 4.98 Å². The van der Waals surface area contributed by atoms with Crippen molar-refractivity contribution in [3.05, 3.63) is 52.7 Å². The van der Waals surface area contributed by atoms with Crippen molar-refractivity contribution in [1.29, 1.82) is 0 Å². The van der Waals surface area contributed by atoms with Gasteiger partial charge in [-0.15, -0.1) is 0 Å². The second kappa shape index (κ2) is 5.33. The Morgan fingerprint density at radius 1 is 1.39 bits per heavy atom. The van der Waals surface area contributed by atoms with E-state index in [-0.39, 0.29) is 0 Å². The fraction of sp³-hybridized carbons (Fsp3) is 0.0769. The summed E-state index contributed by atoms with van der Waals surface area (Å²) < 4.78 is 0. The number of rotatable bonds is 3. The van der Waals surface area contributed by atoms with Gasteiger partial charge in [0.15, 0.2) is 0 Å². The lowest BCUT2D eigenvalue weighted by Gasteiger charge is -2.10. The molecule has 0 saturated heterocycles. The molecule has 0 radical (unpaired) electrons. The lowest BCUT2D eigenvalue weighted by atomic mass is 10.2. The first-order valence-corrected chi connectivity index (χ1v) is 6.14. The normalized spacial score (nSPS) is 10.1. The van der Waals surface area contributed by atoms with Crippen LogP contribution in [0.15, 0.2) is 36.5 Å². The molecule has 0 spiro atoms. The second-order valence-electron chi connectivity index (χ2n) is 3.83. The van der Waals surface area contributed by atoms with Gasteiger partial charge < -0.3 is 11.1 Å². The van der Waals surface area contributed by atoms with Crippen LogP contribution < -0.4 is 11.1 Å². The SMILES string of the molecule is Cc1c(Cl)cccc1Nc1cc(C(N)=S)ccn1. The summed E-state index contributed by atoms with van der Waals surface area (Å²) in [5, 5.41) is 3.91. The van der Waals surface area contributed by atoms with E-state index in [0.717, 1.165) is 16.8 Å². The minimum atomic E-state index is 0.350. The first kappa shape index (κ1) is 12.8. The van der Waals surface area contributed by atoms with E-state index in [2.05, 4.69) is 10.3 Å². The van der Waals surface area contributed by atoms with Crippen LogP contribution in [-0.4, -0.2) is 9.97 Å². The molecule has 5 heteroatoms. The number of hydrogen-bond donors (Lipinski definition) is 2. The fourth-order valence-corrected chi connectivity index (χ4v) is 1.83. The Kier molecular flexibility index (Phi) is 3.79. The predicted octanol–water partition coefficient (Wildman–Crippen LogP) is 3.42. The number of nitrogens with one attached hydrogen (secondary N) is 1. The van der Waals surface area contributed by atoms with Crippen LogP contribution in [0.25, 0.3) is 0 Å². The van der Waals surface area contributed by atoms with Gasteiger partial charge in [-0.3, -0.25) is 0 Å². The van der Waals surface area contributed by atoms with E-state index in [9.17, 15) is 0 Å². The Hall–Kier alpha value is -1.65. The number of benzene rings is 1. The van der Waals surface area contributed by atoms with Crippen LogP contribution in [0.5, 0.6) is 0 Å². The van der Waals surface area contributed by atoms with E-state index < -0.39 is 0 Å². The van der Waals surface area contributed by atoms with Gasteiger partial charge in [0, 0.05) is 22.5 Å². The van der Waals surface area contributed by atoms with Crippen LogP contribution in [0.1, 0.15) is 11.1 Å². The molecule has 0 aliphatic heterocycles. The minimum absolute atomic E-state index is 0.350. The molecule has 0 unspecified atom stereocenters. The van der Waals surface area contributed by atoms with Crippen molar-refractivity contribution in [3.63, 3.8) is 0 Å². The van der Waals surface area contributed by atoms with Gasteiger partial charge in [0.05, 0.1) is 0 Å². The molecule has 2 rings (SSSR count). The molecule has 0 bridgehead atoms. The third-order valence-corrected chi connectivity index (χ3v) is 3.22. The molecule has 0 atom stereocenters. The first-order valence-electron chi connectivity index (χ1n) is 5.36. The number of nitrogens with zero attached hydrogens (tertiary/aromatic N) is 1. The van der Waals surface area contributed by atoms with Gasteiger partial charge in [-0.05, 0) is 36.8 Å². The summed E-state index contributed by atoms with van der Waals surface area (Å²) in [7, 11) is 0. The van der Waals surface area contributed by atoms with Crippen LogP contribution in [-0.2, 0) is 0 Å². The number of pyridine rings is 1. The summed E-state index contributed by atoms with van der Waals surface area (Å²) in [4.78, 5) is 4.57. The van der Waals surface area contributed by atoms with E-state index in [1.165, 1.54) is 0 Å². The number of anilines is 2. The third-order valence-electron chi connectivity index (χ3n) is 2.57. The van der Waals surface area contributed by atoms with Gasteiger partial charge in [-0.25, -0.2) is 4.98 Å². The fourth-order valence-electron chi connectivity index (χ4n) is 1.53. The van der Waals surface area contributed by atoms with Crippen molar-refractivity contribution in [3.8, 4) is 0 Å². The molecule has 1 heterocycles. The van der Waals surface area contributed by atoms with Crippen molar-refractivity contribution in [2.24, 2.45) is 5.73 Å². The molecule has 3 N–H and O–H groups in total. The minimum Gasteiger partial charge on any atom is -0.389 e. The summed E-state index contributed by atoms with van der Waals surface area (Å²) in [5.41, 5.74) is 8.25. The molecule has 1 aromatic heterocycles. The molecule has 18 heavy (non-hydrogen) atoms. The van der Waals surface area contributed by atoms with Crippen LogP contribution in [0, 0.1) is 6.92 Å². The average molecular weight is 278 g/mol. The van der Waals surface area contributed by atoms with E-state index in [1.807, 2.05) is 31.2 Å². The van der Waals surface area contributed by atoms with Crippen molar-refractivity contribution in [2.45, 2.75) is 6.92 Å². The molecule has 0 saturated carbocycles. The van der Waals surface area contributed by atoms with Crippen molar-refractivity contribution >= 4 is 40.3 Å². The Labute approximate surface area is 116 Å². The standard InChI is InChI=1S/C13H12ClN3S/c1-8-10(14)3-2-4-11(8)17-12-7-9(13(15)18)5-6-16-12/h2-7H,1H3,(H2,15,18)(H,16,17). The van der Waals surface area contributed by atoms with Crippen LogP contribution in [0.4, 0.5) is 11.5 Å². The zero-order chi connectivity index (χ0) is 13.1. The molecule has 0 aliphatic rings. The van der Waals surface area contributed by atoms with Crippen LogP contribution in [0.3, 0.4) is 0 Å². The van der Waals surface area contributed by atoms with Crippen molar-refractivity contribution in [2.75, 3.05) is 5.32 Å². The number of halogens is 1. The number of nitrogens with two attached hydrogens (primary N) is 1. The van der Waals surface area contributed by atoms with E-state index in [4.69, 9.17) is 29.6 Å². The predicted molar refractivity (Wildman–Crippen MR) is 79.6 cm³/mol. The van der Waals surface area contributed by atoms with E-state index >= 15 is 0 Å². The zero-order valence-corrected chi connectivity index (χ0v) is 11.3. The lowest BCUT2D eigenvalue weighted by molar-refractivity contribution is 1.29. The molecule has 0 fully saturated rings. The van der Waals surface area contributed by atoms with Gasteiger partial charge in [0.25, 0.3) is 0 Å². The molecular formula is C13H12ClN3S. The average Bonchev–Trinajstić information content (AvgIpc) is 2.35. The Morgan fingerprint density at radius 3 is 2.89 bits per heavy atom. The first-order chi connectivity index (χ1) is 8.58. The highest BCUT2D eigenvalue weighted by molar-refractivity contribution is 7.80. The Bertz CT molecular complexity index is 599. The molecule has 1 aromatic carbocycles. The number of thiocarbonyl (C=S) groups is 1. The summed E-state index contributed by atoms with van der Waals surface area (Å²) in [6, 6.07) is 9.26. The molecule has 0 aliphatic carbocycles. The van der Waals surface area contributed by atoms with Gasteiger partial charge in [0.1, 0.15) is 10.8 Å². The van der Waals surface area contributed by atoms with Gasteiger partial charge in [-0.1, -0.05) is 29.9 Å². The highest BCUT2D eigenvalue weighted by atomic mass is 35.5. The maximum Gasteiger partial charge on any atom is 0.130 e. The maximum atomic E-state index is 6.06. The van der Waals surface area contributed by atoms with Gasteiger partial charge in [0.2, 0.25) is 0 Å². The summed E-state index contributed by atoms with van der Waals surface area (Å²) >= 11 is 11.0. The zero-order valence-electron chi connectivity index (χ0n) is 9.77. The van der Waals surface area contributed by atoms with E-state index in [1.54, 1.807) is 12.3 Å². The molecule has 2 aromatic rings. The topological polar surface area (TPSA) is 50.9 Å². The Morgan fingerprint density at radius 2 is 2.17 bits per heavy atom. The van der Waals surface area contributed by atoms with Crippen LogP contribution in [0.2, 0.25) is 5.02 Å². The van der Waals surface area contributed by atoms with Crippen molar-refractivity contribution < 1.29 is 0 Å². The van der Waals surface area contributed by atoms with E-state index in [0.29, 0.717) is 15.8 Å². The van der Waals surface area contributed by atoms with Gasteiger partial charge in [-0.2, -0.15) is 0 Å². The third kappa shape index (κ3) is 2.78. The lowest BCUT2D eigenvalue weighted by Crippen LogP contribution is -2.10. The summed E-state index contributed by atoms with van der Waals surface area (Å²) in [6.07, 6.45) is 1.66. The second-order valence-corrected chi connectivity index (χ2v) is 4.68. The Balaban J connectivity index is 2.31. The largest absolute Gasteiger partial charge is 0.389 e. The molecule has 0 amide bonds. The number of hydrogen-bond acceptors (Lipinski definition) is 3. The molecule has 3 nitrogen and oxygen atoms in total. The smallest absolute Gasteiger partial charge is 0.130 e. The maximum absolute atomic E-state index is 6.06. The monoisotopic (exact) mass is 277 g/mol. The highest BCUT2D eigenvalue weighted by Gasteiger charge is 2.04. The quantitative estimate of drug-likeness (QED) is 0.844. The highest BCUT2D eigenvalue weighted by Crippen LogP contribution is 2.25. The van der Waals surface area contributed by atoms with Gasteiger partial charge >= 0.3 is 0 Å². The van der Waals surface area contributed by atoms with Crippen LogP contribution >= 0.6 is 23.8 Å². The summed E-state index contributed by atoms with van der Waals surface area (Å²) in [6.45, 7) is 1.95. The molecule has 92 valence electrons. The number of aromatic nitrogens is 1. The summed E-state index contributed by atoms with van der Waals surface area (Å²) in [5.74, 6) is 0.686. The molecular weight excluding hydrogens is 266 g/mol.